The van der Waals surface area contributed by atoms with Crippen LogP contribution in [0.3, 0.4) is 0 Å². The Morgan fingerprint density at radius 3 is 2.25 bits per heavy atom. The second-order valence-electron chi connectivity index (χ2n) is 3.62. The molecule has 0 aliphatic rings. The van der Waals surface area contributed by atoms with Crippen molar-refractivity contribution in [1.29, 1.82) is 5.41 Å². The van der Waals surface area contributed by atoms with Crippen molar-refractivity contribution < 1.29 is 13.2 Å². The van der Waals surface area contributed by atoms with Crippen LogP contribution in [0.2, 0.25) is 0 Å². The largest absolute Gasteiger partial charge is 0.386 e. The van der Waals surface area contributed by atoms with Crippen molar-refractivity contribution in [1.82, 2.24) is 4.72 Å². The molecule has 0 fully saturated rings. The van der Waals surface area contributed by atoms with E-state index in [0.29, 0.717) is 12.8 Å². The Labute approximate surface area is 97.1 Å². The Morgan fingerprint density at radius 1 is 1.44 bits per heavy atom. The molecule has 0 rings (SSSR count). The molecule has 0 heterocycles. The Hall–Kier alpha value is -0.660. The van der Waals surface area contributed by atoms with E-state index < -0.39 is 15.6 Å². The molecule has 96 valence electrons. The molecular formula is C9H21N3O3S. The normalized spacial score (nSPS) is 12.7. The SMILES string of the molecule is CCC(CC)(NS(=O)(=O)CCOC)C(=N)N. The first-order valence-corrected chi connectivity index (χ1v) is 6.84. The summed E-state index contributed by atoms with van der Waals surface area (Å²) in [4.78, 5) is 0. The van der Waals surface area contributed by atoms with Crippen molar-refractivity contribution in [3.63, 3.8) is 0 Å². The second-order valence-corrected chi connectivity index (χ2v) is 5.46. The average Bonchev–Trinajstić information content (AvgIpc) is 2.23. The molecule has 6 nitrogen and oxygen atoms in total. The number of nitrogens with one attached hydrogen (secondary N) is 2. The number of hydrogen-bond acceptors (Lipinski definition) is 4. The van der Waals surface area contributed by atoms with E-state index in [1.54, 1.807) is 13.8 Å². The van der Waals surface area contributed by atoms with Gasteiger partial charge in [-0.3, -0.25) is 5.41 Å². The lowest BCUT2D eigenvalue weighted by Crippen LogP contribution is -2.57. The number of methoxy groups -OCH3 is 1. The van der Waals surface area contributed by atoms with Gasteiger partial charge < -0.3 is 10.5 Å². The zero-order valence-electron chi connectivity index (χ0n) is 10.0. The molecule has 0 aliphatic carbocycles. The Kier molecular flexibility index (Phi) is 5.91. The topological polar surface area (TPSA) is 105 Å². The van der Waals surface area contributed by atoms with Gasteiger partial charge in [0.15, 0.2) is 0 Å². The monoisotopic (exact) mass is 251 g/mol. The summed E-state index contributed by atoms with van der Waals surface area (Å²) in [5.74, 6) is -0.281. The van der Waals surface area contributed by atoms with Gasteiger partial charge in [-0.25, -0.2) is 13.1 Å². The third kappa shape index (κ3) is 4.07. The van der Waals surface area contributed by atoms with Crippen molar-refractivity contribution in [3.8, 4) is 0 Å². The minimum absolute atomic E-state index is 0.122. The predicted molar refractivity (Wildman–Crippen MR) is 64.0 cm³/mol. The third-order valence-corrected chi connectivity index (χ3v) is 4.04. The van der Waals surface area contributed by atoms with Crippen LogP contribution in [-0.4, -0.2) is 39.3 Å². The van der Waals surface area contributed by atoms with Crippen LogP contribution in [0.5, 0.6) is 0 Å². The van der Waals surface area contributed by atoms with Gasteiger partial charge in [-0.05, 0) is 12.8 Å². The van der Waals surface area contributed by atoms with E-state index in [-0.39, 0.29) is 18.2 Å². The van der Waals surface area contributed by atoms with Gasteiger partial charge in [0, 0.05) is 7.11 Å². The molecule has 16 heavy (non-hydrogen) atoms. The summed E-state index contributed by atoms with van der Waals surface area (Å²) < 4.78 is 30.6. The lowest BCUT2D eigenvalue weighted by atomic mass is 9.93. The number of amidine groups is 1. The maximum atomic E-state index is 11.7. The predicted octanol–water partition coefficient (Wildman–Crippen LogP) is 0.0470. The van der Waals surface area contributed by atoms with E-state index in [2.05, 4.69) is 4.72 Å². The van der Waals surface area contributed by atoms with Crippen molar-refractivity contribution >= 4 is 15.9 Å². The fourth-order valence-corrected chi connectivity index (χ4v) is 2.85. The molecule has 0 unspecified atom stereocenters. The maximum absolute atomic E-state index is 11.7. The van der Waals surface area contributed by atoms with Crippen molar-refractivity contribution in [2.45, 2.75) is 32.2 Å². The summed E-state index contributed by atoms with van der Waals surface area (Å²) in [6.07, 6.45) is 0.899. The average molecular weight is 251 g/mol. The molecular weight excluding hydrogens is 230 g/mol. The smallest absolute Gasteiger partial charge is 0.214 e. The van der Waals surface area contributed by atoms with Gasteiger partial charge in [-0.1, -0.05) is 13.8 Å². The highest BCUT2D eigenvalue weighted by Crippen LogP contribution is 2.16. The number of sulfonamides is 1. The van der Waals surface area contributed by atoms with Gasteiger partial charge in [0.1, 0.15) is 5.84 Å². The molecule has 0 atom stereocenters. The Balaban J connectivity index is 4.82. The van der Waals surface area contributed by atoms with Crippen LogP contribution in [0.4, 0.5) is 0 Å². The molecule has 0 aromatic rings. The summed E-state index contributed by atoms with van der Waals surface area (Å²) in [6, 6.07) is 0. The molecule has 0 saturated carbocycles. The summed E-state index contributed by atoms with van der Waals surface area (Å²) in [5.41, 5.74) is 4.49. The standard InChI is InChI=1S/C9H21N3O3S/c1-4-9(5-2,8(10)11)12-16(13,14)7-6-15-3/h12H,4-7H2,1-3H3,(H3,10,11). The maximum Gasteiger partial charge on any atom is 0.214 e. The molecule has 0 bridgehead atoms. The first kappa shape index (κ1) is 15.3. The summed E-state index contributed by atoms with van der Waals surface area (Å²) in [6.45, 7) is 3.71. The molecule has 0 aromatic heterocycles. The van der Waals surface area contributed by atoms with Crippen LogP contribution in [0.25, 0.3) is 0 Å². The Morgan fingerprint density at radius 2 is 1.94 bits per heavy atom. The molecule has 0 aromatic carbocycles. The van der Waals surface area contributed by atoms with E-state index >= 15 is 0 Å². The fourth-order valence-electron chi connectivity index (χ4n) is 1.37. The minimum Gasteiger partial charge on any atom is -0.386 e. The van der Waals surface area contributed by atoms with E-state index in [9.17, 15) is 8.42 Å². The van der Waals surface area contributed by atoms with Gasteiger partial charge in [-0.2, -0.15) is 0 Å². The molecule has 0 aliphatic heterocycles. The quantitative estimate of drug-likeness (QED) is 0.418. The summed E-state index contributed by atoms with van der Waals surface area (Å²) >= 11 is 0. The molecule has 4 N–H and O–H groups in total. The second kappa shape index (κ2) is 6.17. The summed E-state index contributed by atoms with van der Waals surface area (Å²) in [5, 5.41) is 7.48. The number of hydrogen-bond donors (Lipinski definition) is 3. The highest BCUT2D eigenvalue weighted by Gasteiger charge is 2.34. The van der Waals surface area contributed by atoms with E-state index in [1.165, 1.54) is 7.11 Å². The van der Waals surface area contributed by atoms with E-state index in [4.69, 9.17) is 15.9 Å². The lowest BCUT2D eigenvalue weighted by Gasteiger charge is -2.31. The number of rotatable bonds is 8. The van der Waals surface area contributed by atoms with Gasteiger partial charge in [-0.15, -0.1) is 0 Å². The van der Waals surface area contributed by atoms with Crippen LogP contribution in [0, 0.1) is 5.41 Å². The number of ether oxygens (including phenoxy) is 1. The fraction of sp³-hybridized carbons (Fsp3) is 0.889. The van der Waals surface area contributed by atoms with Crippen LogP contribution in [0.1, 0.15) is 26.7 Å². The lowest BCUT2D eigenvalue weighted by molar-refractivity contribution is 0.216. The van der Waals surface area contributed by atoms with Gasteiger partial charge in [0.05, 0.1) is 17.9 Å². The van der Waals surface area contributed by atoms with E-state index in [0.717, 1.165) is 0 Å². The molecule has 0 spiro atoms. The Bertz CT molecular complexity index is 323. The summed E-state index contributed by atoms with van der Waals surface area (Å²) in [7, 11) is -2.03. The zero-order chi connectivity index (χ0) is 12.8. The van der Waals surface area contributed by atoms with Gasteiger partial charge in [0.2, 0.25) is 10.0 Å². The molecule has 7 heteroatoms. The van der Waals surface area contributed by atoms with Gasteiger partial charge in [0.25, 0.3) is 0 Å². The van der Waals surface area contributed by atoms with Gasteiger partial charge >= 0.3 is 0 Å². The van der Waals surface area contributed by atoms with Crippen LogP contribution in [0.15, 0.2) is 0 Å². The van der Waals surface area contributed by atoms with Crippen molar-refractivity contribution in [2.75, 3.05) is 19.5 Å². The zero-order valence-corrected chi connectivity index (χ0v) is 10.9. The van der Waals surface area contributed by atoms with Crippen LogP contribution >= 0.6 is 0 Å². The van der Waals surface area contributed by atoms with Crippen molar-refractivity contribution in [2.24, 2.45) is 5.73 Å². The van der Waals surface area contributed by atoms with Crippen LogP contribution < -0.4 is 10.5 Å². The third-order valence-electron chi connectivity index (χ3n) is 2.63. The van der Waals surface area contributed by atoms with Crippen molar-refractivity contribution in [3.05, 3.63) is 0 Å². The molecule has 0 saturated heterocycles. The number of nitrogens with two attached hydrogens (primary N) is 1. The van der Waals surface area contributed by atoms with Crippen LogP contribution in [-0.2, 0) is 14.8 Å². The van der Waals surface area contributed by atoms with E-state index in [1.807, 2.05) is 0 Å². The highest BCUT2D eigenvalue weighted by molar-refractivity contribution is 7.89. The first-order valence-electron chi connectivity index (χ1n) is 5.18. The molecule has 0 amide bonds. The first-order chi connectivity index (χ1) is 7.33. The molecule has 0 radical (unpaired) electrons. The minimum atomic E-state index is -3.47. The highest BCUT2D eigenvalue weighted by atomic mass is 32.2.